The Morgan fingerprint density at radius 1 is 1.82 bits per heavy atom. The van der Waals surface area contributed by atoms with Crippen molar-refractivity contribution in [3.63, 3.8) is 0 Å². The van der Waals surface area contributed by atoms with Crippen LogP contribution in [0.15, 0.2) is 12.7 Å². The summed E-state index contributed by atoms with van der Waals surface area (Å²) in [4.78, 5) is 0. The summed E-state index contributed by atoms with van der Waals surface area (Å²) in [7, 11) is 0. The fourth-order valence-corrected chi connectivity index (χ4v) is 1.05. The van der Waals surface area contributed by atoms with Crippen LogP contribution in [-0.2, 0) is 9.47 Å². The van der Waals surface area contributed by atoms with Crippen LogP contribution in [0.2, 0.25) is 0 Å². The van der Waals surface area contributed by atoms with Gasteiger partial charge >= 0.3 is 0 Å². The molecule has 0 aromatic rings. The molecular formula is C8H14O3. The number of rotatable bonds is 4. The summed E-state index contributed by atoms with van der Waals surface area (Å²) in [6, 6.07) is 0. The smallest absolute Gasteiger partial charge is 0.173 e. The van der Waals surface area contributed by atoms with E-state index in [0.717, 1.165) is 19.4 Å². The Morgan fingerprint density at radius 2 is 2.64 bits per heavy atom. The van der Waals surface area contributed by atoms with E-state index in [9.17, 15) is 0 Å². The first-order valence-electron chi connectivity index (χ1n) is 3.87. The lowest BCUT2D eigenvalue weighted by molar-refractivity contribution is -0.0944. The maximum atomic E-state index is 8.92. The third-order valence-electron chi connectivity index (χ3n) is 1.68. The number of aliphatic hydroxyl groups is 1. The van der Waals surface area contributed by atoms with E-state index in [4.69, 9.17) is 14.6 Å². The van der Waals surface area contributed by atoms with E-state index >= 15 is 0 Å². The largest absolute Gasteiger partial charge is 0.376 e. The Labute approximate surface area is 66.6 Å². The van der Waals surface area contributed by atoms with E-state index in [-0.39, 0.29) is 6.10 Å². The van der Waals surface area contributed by atoms with Crippen LogP contribution in [0.25, 0.3) is 0 Å². The number of aliphatic hydroxyl groups excluding tert-OH is 1. The van der Waals surface area contributed by atoms with Crippen LogP contribution in [0.5, 0.6) is 0 Å². The Kier molecular flexibility index (Phi) is 3.56. The molecule has 2 atom stereocenters. The predicted molar refractivity (Wildman–Crippen MR) is 41.1 cm³/mol. The minimum Gasteiger partial charge on any atom is -0.376 e. The molecule has 1 fully saturated rings. The van der Waals surface area contributed by atoms with Gasteiger partial charge < -0.3 is 14.6 Å². The molecule has 3 nitrogen and oxygen atoms in total. The van der Waals surface area contributed by atoms with Gasteiger partial charge in [0, 0.05) is 6.61 Å². The Morgan fingerprint density at radius 3 is 3.18 bits per heavy atom. The van der Waals surface area contributed by atoms with E-state index in [1.807, 2.05) is 0 Å². The molecule has 1 aliphatic rings. The molecular weight excluding hydrogens is 144 g/mol. The van der Waals surface area contributed by atoms with Crippen molar-refractivity contribution in [1.29, 1.82) is 0 Å². The third kappa shape index (κ3) is 3.01. The van der Waals surface area contributed by atoms with E-state index in [1.165, 1.54) is 6.08 Å². The van der Waals surface area contributed by atoms with Crippen LogP contribution < -0.4 is 0 Å². The zero-order chi connectivity index (χ0) is 8.10. The minimum absolute atomic E-state index is 0.171. The van der Waals surface area contributed by atoms with Gasteiger partial charge in [-0.3, -0.25) is 0 Å². The van der Waals surface area contributed by atoms with Gasteiger partial charge in [0.25, 0.3) is 0 Å². The average Bonchev–Trinajstić information content (AvgIpc) is 2.52. The van der Waals surface area contributed by atoms with Crippen molar-refractivity contribution in [2.24, 2.45) is 0 Å². The van der Waals surface area contributed by atoms with Gasteiger partial charge in [-0.1, -0.05) is 6.58 Å². The predicted octanol–water partition coefficient (Wildman–Crippen LogP) is 0.686. The summed E-state index contributed by atoms with van der Waals surface area (Å²) >= 11 is 0. The zero-order valence-electron chi connectivity index (χ0n) is 6.53. The molecule has 1 heterocycles. The van der Waals surface area contributed by atoms with Gasteiger partial charge in [-0.05, 0) is 18.9 Å². The number of hydrogen-bond acceptors (Lipinski definition) is 3. The van der Waals surface area contributed by atoms with Crippen molar-refractivity contribution in [3.05, 3.63) is 12.7 Å². The standard InChI is InChI=1S/C8H14O3/c1-2-8(9)11-6-7-4-3-5-10-7/h2,7-9H,1,3-6H2. The van der Waals surface area contributed by atoms with Crippen molar-refractivity contribution in [3.8, 4) is 0 Å². The van der Waals surface area contributed by atoms with Gasteiger partial charge in [0.05, 0.1) is 12.7 Å². The summed E-state index contributed by atoms with van der Waals surface area (Å²) < 4.78 is 10.3. The maximum Gasteiger partial charge on any atom is 0.173 e. The second kappa shape index (κ2) is 4.49. The first-order chi connectivity index (χ1) is 5.33. The molecule has 0 aromatic heterocycles. The molecule has 0 radical (unpaired) electrons. The van der Waals surface area contributed by atoms with Crippen LogP contribution in [0.4, 0.5) is 0 Å². The molecule has 11 heavy (non-hydrogen) atoms. The van der Waals surface area contributed by atoms with Crippen molar-refractivity contribution < 1.29 is 14.6 Å². The van der Waals surface area contributed by atoms with E-state index in [0.29, 0.717) is 6.61 Å². The summed E-state index contributed by atoms with van der Waals surface area (Å²) in [5, 5.41) is 8.92. The molecule has 2 unspecified atom stereocenters. The highest BCUT2D eigenvalue weighted by molar-refractivity contribution is 4.71. The van der Waals surface area contributed by atoms with Crippen molar-refractivity contribution in [2.75, 3.05) is 13.2 Å². The van der Waals surface area contributed by atoms with Crippen LogP contribution >= 0.6 is 0 Å². The molecule has 64 valence electrons. The van der Waals surface area contributed by atoms with Gasteiger partial charge in [-0.15, -0.1) is 0 Å². The summed E-state index contributed by atoms with van der Waals surface area (Å²) in [5.41, 5.74) is 0. The molecule has 0 spiro atoms. The molecule has 0 saturated carbocycles. The van der Waals surface area contributed by atoms with E-state index in [1.54, 1.807) is 0 Å². The molecule has 3 heteroatoms. The van der Waals surface area contributed by atoms with Crippen LogP contribution in [0.1, 0.15) is 12.8 Å². The second-order valence-electron chi connectivity index (χ2n) is 2.59. The quantitative estimate of drug-likeness (QED) is 0.483. The van der Waals surface area contributed by atoms with E-state index in [2.05, 4.69) is 6.58 Å². The van der Waals surface area contributed by atoms with Gasteiger partial charge in [0.1, 0.15) is 0 Å². The SMILES string of the molecule is C=CC(O)OCC1CCCO1. The summed E-state index contributed by atoms with van der Waals surface area (Å²) in [6.07, 6.45) is 2.81. The molecule has 0 bridgehead atoms. The molecule has 1 aliphatic heterocycles. The van der Waals surface area contributed by atoms with Crippen LogP contribution in [0, 0.1) is 0 Å². The fourth-order valence-electron chi connectivity index (χ4n) is 1.05. The highest BCUT2D eigenvalue weighted by Crippen LogP contribution is 2.12. The molecule has 0 aliphatic carbocycles. The van der Waals surface area contributed by atoms with Crippen molar-refractivity contribution in [2.45, 2.75) is 25.2 Å². The number of ether oxygens (including phenoxy) is 2. The Bertz CT molecular complexity index is 119. The van der Waals surface area contributed by atoms with Crippen LogP contribution in [-0.4, -0.2) is 30.7 Å². The molecule has 0 aromatic carbocycles. The molecule has 0 amide bonds. The maximum absolute atomic E-state index is 8.92. The monoisotopic (exact) mass is 158 g/mol. The van der Waals surface area contributed by atoms with Crippen molar-refractivity contribution >= 4 is 0 Å². The molecule has 1 rings (SSSR count). The zero-order valence-corrected chi connectivity index (χ0v) is 6.53. The van der Waals surface area contributed by atoms with Gasteiger partial charge in [-0.25, -0.2) is 0 Å². The van der Waals surface area contributed by atoms with Gasteiger partial charge in [0.15, 0.2) is 6.29 Å². The van der Waals surface area contributed by atoms with Crippen molar-refractivity contribution in [1.82, 2.24) is 0 Å². The Hall–Kier alpha value is -0.380. The van der Waals surface area contributed by atoms with Gasteiger partial charge in [0.2, 0.25) is 0 Å². The summed E-state index contributed by atoms with van der Waals surface area (Å²) in [5.74, 6) is 0. The van der Waals surface area contributed by atoms with Crippen LogP contribution in [0.3, 0.4) is 0 Å². The fraction of sp³-hybridized carbons (Fsp3) is 0.750. The lowest BCUT2D eigenvalue weighted by atomic mass is 10.2. The lowest BCUT2D eigenvalue weighted by Crippen LogP contribution is -2.19. The number of hydrogen-bond donors (Lipinski definition) is 1. The first kappa shape index (κ1) is 8.71. The second-order valence-corrected chi connectivity index (χ2v) is 2.59. The molecule has 1 N–H and O–H groups in total. The normalized spacial score (nSPS) is 26.8. The highest BCUT2D eigenvalue weighted by Gasteiger charge is 2.16. The minimum atomic E-state index is -0.848. The average molecular weight is 158 g/mol. The third-order valence-corrected chi connectivity index (χ3v) is 1.68. The topological polar surface area (TPSA) is 38.7 Å². The molecule has 1 saturated heterocycles. The lowest BCUT2D eigenvalue weighted by Gasteiger charge is -2.11. The summed E-state index contributed by atoms with van der Waals surface area (Å²) in [6.45, 7) is 4.67. The van der Waals surface area contributed by atoms with Gasteiger partial charge in [-0.2, -0.15) is 0 Å². The Balaban J connectivity index is 2.06. The highest BCUT2D eigenvalue weighted by atomic mass is 16.6. The first-order valence-corrected chi connectivity index (χ1v) is 3.87. The van der Waals surface area contributed by atoms with E-state index < -0.39 is 6.29 Å².